The second-order valence-electron chi connectivity index (χ2n) is 6.10. The number of benzene rings is 2. The summed E-state index contributed by atoms with van der Waals surface area (Å²) in [4.78, 5) is 38.2. The number of hydrogen-bond acceptors (Lipinski definition) is 6. The van der Waals surface area contributed by atoms with E-state index in [1.807, 2.05) is 0 Å². The van der Waals surface area contributed by atoms with Crippen LogP contribution >= 0.6 is 15.9 Å². The third-order valence-corrected chi connectivity index (χ3v) is 4.17. The molecule has 0 radical (unpaired) electrons. The lowest BCUT2D eigenvalue weighted by atomic mass is 10.2. The van der Waals surface area contributed by atoms with Gasteiger partial charge in [0.05, 0.1) is 28.1 Å². The van der Waals surface area contributed by atoms with Gasteiger partial charge in [0, 0.05) is 16.1 Å². The molecule has 0 aliphatic carbocycles. The van der Waals surface area contributed by atoms with E-state index < -0.39 is 16.2 Å². The molecule has 3 rings (SSSR count). The van der Waals surface area contributed by atoms with Gasteiger partial charge >= 0.3 is 11.4 Å². The zero-order chi connectivity index (χ0) is 20.4. The van der Waals surface area contributed by atoms with Gasteiger partial charge in [0.15, 0.2) is 0 Å². The van der Waals surface area contributed by atoms with Crippen molar-refractivity contribution in [3.63, 3.8) is 0 Å². The van der Waals surface area contributed by atoms with E-state index in [4.69, 9.17) is 4.74 Å². The van der Waals surface area contributed by atoms with Gasteiger partial charge in [-0.3, -0.25) is 14.9 Å². The quantitative estimate of drug-likeness (QED) is 0.366. The van der Waals surface area contributed by atoms with Crippen molar-refractivity contribution in [2.75, 3.05) is 0 Å². The third-order valence-electron chi connectivity index (χ3n) is 3.71. The van der Waals surface area contributed by atoms with Crippen molar-refractivity contribution in [2.24, 2.45) is 5.10 Å². The molecular weight excluding hydrogens is 432 g/mol. The van der Waals surface area contributed by atoms with Crippen LogP contribution in [0.4, 0.5) is 5.69 Å². The van der Waals surface area contributed by atoms with Gasteiger partial charge in [-0.05, 0) is 32.0 Å². The molecule has 0 aliphatic heterocycles. The molecule has 0 bridgehead atoms. The molecule has 0 aliphatic rings. The van der Waals surface area contributed by atoms with Crippen molar-refractivity contribution in [3.05, 3.63) is 77.4 Å². The minimum atomic E-state index is -0.726. The fraction of sp³-hybridized carbons (Fsp3) is 0.167. The van der Waals surface area contributed by atoms with Crippen LogP contribution in [0.15, 0.2) is 55.6 Å². The predicted molar refractivity (Wildman–Crippen MR) is 108 cm³/mol. The van der Waals surface area contributed by atoms with E-state index in [1.165, 1.54) is 12.3 Å². The van der Waals surface area contributed by atoms with E-state index in [0.717, 1.165) is 0 Å². The number of nitrogens with one attached hydrogen (secondary N) is 1. The number of hydrogen-bond donors (Lipinski definition) is 1. The topological polar surface area (TPSA) is 120 Å². The van der Waals surface area contributed by atoms with Gasteiger partial charge in [-0.1, -0.05) is 28.1 Å². The van der Waals surface area contributed by atoms with Crippen molar-refractivity contribution in [3.8, 4) is 5.75 Å². The molecule has 144 valence electrons. The molecule has 0 atom stereocenters. The normalized spacial score (nSPS) is 11.4. The first kappa shape index (κ1) is 19.5. The summed E-state index contributed by atoms with van der Waals surface area (Å²) in [5.41, 5.74) is -0.952. The van der Waals surface area contributed by atoms with Crippen LogP contribution in [0.5, 0.6) is 5.75 Å². The van der Waals surface area contributed by atoms with Gasteiger partial charge in [0.2, 0.25) is 5.75 Å². The number of fused-ring (bicyclic) bond motifs is 1. The third kappa shape index (κ3) is 3.86. The summed E-state index contributed by atoms with van der Waals surface area (Å²) in [7, 11) is 0. The molecule has 3 aromatic rings. The summed E-state index contributed by atoms with van der Waals surface area (Å²) in [5.74, 6) is -0.00258. The van der Waals surface area contributed by atoms with Gasteiger partial charge in [-0.25, -0.2) is 4.79 Å². The lowest BCUT2D eigenvalue weighted by Gasteiger charge is -2.13. The monoisotopic (exact) mass is 446 g/mol. The highest BCUT2D eigenvalue weighted by Crippen LogP contribution is 2.34. The molecule has 0 saturated carbocycles. The summed E-state index contributed by atoms with van der Waals surface area (Å²) in [5, 5.41) is 15.6. The summed E-state index contributed by atoms with van der Waals surface area (Å²) in [6, 6.07) is 9.40. The van der Waals surface area contributed by atoms with Crippen LogP contribution < -0.4 is 16.0 Å². The standard InChI is InChI=1S/C18H15BrN4O5/c1-10(2)28-16-11(7-12(19)8-15(16)23(26)27)9-20-22-17(24)13-5-3-4-6-14(13)21-18(22)25/h3-10H,1-2H3,(H,21,25). The maximum absolute atomic E-state index is 12.6. The Morgan fingerprint density at radius 1 is 1.29 bits per heavy atom. The van der Waals surface area contributed by atoms with Crippen molar-refractivity contribution < 1.29 is 9.66 Å². The zero-order valence-electron chi connectivity index (χ0n) is 14.9. The Morgan fingerprint density at radius 3 is 2.68 bits per heavy atom. The van der Waals surface area contributed by atoms with Gasteiger partial charge in [-0.15, -0.1) is 4.68 Å². The fourth-order valence-electron chi connectivity index (χ4n) is 2.57. The number of aromatic amines is 1. The van der Waals surface area contributed by atoms with Gasteiger partial charge in [0.25, 0.3) is 5.56 Å². The fourth-order valence-corrected chi connectivity index (χ4v) is 3.04. The summed E-state index contributed by atoms with van der Waals surface area (Å²) >= 11 is 3.21. The SMILES string of the molecule is CC(C)Oc1c(C=Nn2c(=O)[nH]c3ccccc3c2=O)cc(Br)cc1[N+](=O)[O-]. The molecule has 1 heterocycles. The molecule has 0 fully saturated rings. The largest absolute Gasteiger partial charge is 0.484 e. The van der Waals surface area contributed by atoms with E-state index in [2.05, 4.69) is 26.0 Å². The first-order valence-electron chi connectivity index (χ1n) is 8.21. The number of nitro groups is 1. The molecule has 0 spiro atoms. The molecule has 0 amide bonds. The molecule has 1 aromatic heterocycles. The predicted octanol–water partition coefficient (Wildman–Crippen LogP) is 3.03. The van der Waals surface area contributed by atoms with Crippen molar-refractivity contribution in [2.45, 2.75) is 20.0 Å². The Morgan fingerprint density at radius 2 is 2.00 bits per heavy atom. The average molecular weight is 447 g/mol. The van der Waals surface area contributed by atoms with E-state index in [1.54, 1.807) is 44.2 Å². The molecule has 9 nitrogen and oxygen atoms in total. The molecular formula is C18H15BrN4O5. The number of nitrogens with zero attached hydrogens (tertiary/aromatic N) is 3. The van der Waals surface area contributed by atoms with Crippen LogP contribution in [0.2, 0.25) is 0 Å². The number of para-hydroxylation sites is 1. The van der Waals surface area contributed by atoms with Gasteiger partial charge < -0.3 is 9.72 Å². The molecule has 0 unspecified atom stereocenters. The number of aromatic nitrogens is 2. The molecule has 2 aromatic carbocycles. The number of halogens is 1. The van der Waals surface area contributed by atoms with E-state index in [0.29, 0.717) is 14.7 Å². The van der Waals surface area contributed by atoms with Gasteiger partial charge in [0.1, 0.15) is 0 Å². The van der Waals surface area contributed by atoms with Crippen LogP contribution in [-0.4, -0.2) is 26.9 Å². The summed E-state index contributed by atoms with van der Waals surface area (Å²) in [6.45, 7) is 3.45. The molecule has 28 heavy (non-hydrogen) atoms. The average Bonchev–Trinajstić information content (AvgIpc) is 2.62. The van der Waals surface area contributed by atoms with Crippen LogP contribution in [0, 0.1) is 10.1 Å². The van der Waals surface area contributed by atoms with Gasteiger partial charge in [-0.2, -0.15) is 5.10 Å². The zero-order valence-corrected chi connectivity index (χ0v) is 16.5. The number of rotatable bonds is 5. The minimum absolute atomic E-state index is 0.00258. The van der Waals surface area contributed by atoms with E-state index in [9.17, 15) is 19.7 Å². The van der Waals surface area contributed by atoms with E-state index in [-0.39, 0.29) is 28.5 Å². The second kappa shape index (κ2) is 7.77. The highest BCUT2D eigenvalue weighted by molar-refractivity contribution is 9.10. The second-order valence-corrected chi connectivity index (χ2v) is 7.02. The van der Waals surface area contributed by atoms with Crippen molar-refractivity contribution in [1.82, 2.24) is 9.66 Å². The Bertz CT molecular complexity index is 1210. The highest BCUT2D eigenvalue weighted by Gasteiger charge is 2.21. The minimum Gasteiger partial charge on any atom is -0.484 e. The Balaban J connectivity index is 2.18. The summed E-state index contributed by atoms with van der Waals surface area (Å²) < 4.78 is 6.67. The van der Waals surface area contributed by atoms with Crippen molar-refractivity contribution >= 4 is 38.7 Å². The Labute approximate surface area is 166 Å². The van der Waals surface area contributed by atoms with Crippen LogP contribution in [0.25, 0.3) is 10.9 Å². The lowest BCUT2D eigenvalue weighted by Crippen LogP contribution is -2.32. The Hall–Kier alpha value is -3.27. The number of ether oxygens (including phenoxy) is 1. The van der Waals surface area contributed by atoms with Crippen LogP contribution in [0.1, 0.15) is 19.4 Å². The van der Waals surface area contributed by atoms with Crippen LogP contribution in [0.3, 0.4) is 0 Å². The molecule has 10 heteroatoms. The number of nitro benzene ring substituents is 1. The summed E-state index contributed by atoms with van der Waals surface area (Å²) in [6.07, 6.45) is 0.847. The first-order chi connectivity index (χ1) is 13.3. The highest BCUT2D eigenvalue weighted by atomic mass is 79.9. The lowest BCUT2D eigenvalue weighted by molar-refractivity contribution is -0.386. The van der Waals surface area contributed by atoms with Crippen molar-refractivity contribution in [1.29, 1.82) is 0 Å². The molecule has 0 saturated heterocycles. The van der Waals surface area contributed by atoms with Crippen LogP contribution in [-0.2, 0) is 0 Å². The number of H-pyrrole nitrogens is 1. The maximum atomic E-state index is 12.6. The smallest absolute Gasteiger partial charge is 0.349 e. The maximum Gasteiger partial charge on any atom is 0.349 e. The first-order valence-corrected chi connectivity index (χ1v) is 9.00. The van der Waals surface area contributed by atoms with E-state index >= 15 is 0 Å². The Kier molecular flexibility index (Phi) is 5.41. The molecule has 1 N–H and O–H groups in total.